The Morgan fingerprint density at radius 3 is 2.21 bits per heavy atom. The van der Waals surface area contributed by atoms with Crippen molar-refractivity contribution in [2.75, 3.05) is 31.1 Å². The summed E-state index contributed by atoms with van der Waals surface area (Å²) in [5, 5.41) is 11.8. The van der Waals surface area contributed by atoms with Gasteiger partial charge >= 0.3 is 0 Å². The number of hydrogen-bond acceptors (Lipinski definition) is 6. The molecule has 3 aromatic rings. The lowest BCUT2D eigenvalue weighted by Gasteiger charge is -2.35. The molecule has 4 rings (SSSR count). The molecule has 8 nitrogen and oxygen atoms in total. The third-order valence-corrected chi connectivity index (χ3v) is 8.05. The highest BCUT2D eigenvalue weighted by Crippen LogP contribution is 2.32. The number of hydrogen-bond donors (Lipinski definition) is 0. The molecule has 1 aliphatic heterocycles. The predicted molar refractivity (Wildman–Crippen MR) is 130 cm³/mol. The van der Waals surface area contributed by atoms with Crippen LogP contribution in [-0.2, 0) is 10.0 Å². The number of benzene rings is 3. The van der Waals surface area contributed by atoms with Crippen molar-refractivity contribution in [3.8, 4) is 0 Å². The molecule has 1 aliphatic rings. The van der Waals surface area contributed by atoms with Gasteiger partial charge in [-0.2, -0.15) is 4.31 Å². The summed E-state index contributed by atoms with van der Waals surface area (Å²) in [6.07, 6.45) is 0. The fourth-order valence-electron chi connectivity index (χ4n) is 4.13. The molecule has 9 heteroatoms. The van der Waals surface area contributed by atoms with Crippen molar-refractivity contribution >= 4 is 27.2 Å². The number of nitro benzene ring substituents is 1. The molecule has 0 aliphatic carbocycles. The van der Waals surface area contributed by atoms with E-state index in [0.717, 1.165) is 5.56 Å². The van der Waals surface area contributed by atoms with Crippen LogP contribution in [0.4, 0.5) is 11.4 Å². The standard InChI is InChI=1S/C25H25N3O5S/c1-18-8-9-19(2)24(16-18)34(32,33)27-14-12-26(13-15-27)22-11-10-21(17-23(22)28(30)31)25(29)20-6-4-3-5-7-20/h3-11,16-17H,12-15H2,1-2H3. The molecule has 0 bridgehead atoms. The van der Waals surface area contributed by atoms with Crippen LogP contribution in [0.2, 0.25) is 0 Å². The second kappa shape index (κ2) is 9.36. The van der Waals surface area contributed by atoms with Gasteiger partial charge in [0.2, 0.25) is 10.0 Å². The van der Waals surface area contributed by atoms with Crippen LogP contribution in [0.25, 0.3) is 0 Å². The van der Waals surface area contributed by atoms with Gasteiger partial charge in [-0.15, -0.1) is 0 Å². The number of carbonyl (C=O) groups is 1. The lowest BCUT2D eigenvalue weighted by atomic mass is 10.0. The van der Waals surface area contributed by atoms with Crippen molar-refractivity contribution in [2.45, 2.75) is 18.7 Å². The Hall–Kier alpha value is -3.56. The minimum absolute atomic E-state index is 0.174. The smallest absolute Gasteiger partial charge is 0.293 e. The highest BCUT2D eigenvalue weighted by Gasteiger charge is 2.32. The van der Waals surface area contributed by atoms with Gasteiger partial charge in [0.15, 0.2) is 5.78 Å². The zero-order valence-corrected chi connectivity index (χ0v) is 19.8. The third-order valence-electron chi connectivity index (χ3n) is 6.01. The van der Waals surface area contributed by atoms with Crippen LogP contribution >= 0.6 is 0 Å². The predicted octanol–water partition coefficient (Wildman–Crippen LogP) is 3.95. The summed E-state index contributed by atoms with van der Waals surface area (Å²) in [5.41, 5.74) is 2.43. The number of nitro groups is 1. The maximum absolute atomic E-state index is 13.2. The number of nitrogens with zero attached hydrogens (tertiary/aromatic N) is 3. The monoisotopic (exact) mass is 479 g/mol. The van der Waals surface area contributed by atoms with Crippen molar-refractivity contribution in [1.82, 2.24) is 4.31 Å². The van der Waals surface area contributed by atoms with Gasteiger partial charge in [0.1, 0.15) is 5.69 Å². The van der Waals surface area contributed by atoms with Crippen LogP contribution in [0.15, 0.2) is 71.6 Å². The highest BCUT2D eigenvalue weighted by molar-refractivity contribution is 7.89. The number of ketones is 1. The molecular formula is C25H25N3O5S. The number of carbonyl (C=O) groups excluding carboxylic acids is 1. The number of piperazine rings is 1. The molecule has 0 aromatic heterocycles. The molecule has 1 saturated heterocycles. The molecule has 0 N–H and O–H groups in total. The summed E-state index contributed by atoms with van der Waals surface area (Å²) >= 11 is 0. The van der Waals surface area contributed by atoms with Gasteiger partial charge in [0, 0.05) is 43.4 Å². The molecule has 3 aromatic carbocycles. The summed E-state index contributed by atoms with van der Waals surface area (Å²) in [4.78, 5) is 26.1. The van der Waals surface area contributed by atoms with E-state index >= 15 is 0 Å². The quantitative estimate of drug-likeness (QED) is 0.301. The van der Waals surface area contributed by atoms with E-state index in [0.29, 0.717) is 29.9 Å². The van der Waals surface area contributed by atoms with Crippen LogP contribution in [0, 0.1) is 24.0 Å². The molecule has 176 valence electrons. The van der Waals surface area contributed by atoms with Gasteiger partial charge in [-0.3, -0.25) is 14.9 Å². The van der Waals surface area contributed by atoms with Crippen molar-refractivity contribution < 1.29 is 18.1 Å². The van der Waals surface area contributed by atoms with E-state index in [1.54, 1.807) is 66.4 Å². The minimum Gasteiger partial charge on any atom is -0.363 e. The van der Waals surface area contributed by atoms with E-state index < -0.39 is 14.9 Å². The van der Waals surface area contributed by atoms with Gasteiger partial charge < -0.3 is 4.90 Å². The van der Waals surface area contributed by atoms with Crippen LogP contribution in [0.5, 0.6) is 0 Å². The van der Waals surface area contributed by atoms with E-state index in [2.05, 4.69) is 0 Å². The second-order valence-corrected chi connectivity index (χ2v) is 10.2. The molecule has 34 heavy (non-hydrogen) atoms. The summed E-state index contributed by atoms with van der Waals surface area (Å²) in [7, 11) is -3.67. The summed E-state index contributed by atoms with van der Waals surface area (Å²) < 4.78 is 27.8. The third kappa shape index (κ3) is 4.57. The maximum atomic E-state index is 13.2. The number of aryl methyl sites for hydroxylation is 2. The number of sulfonamides is 1. The van der Waals surface area contributed by atoms with Gasteiger partial charge in [-0.25, -0.2) is 8.42 Å². The first kappa shape index (κ1) is 23.6. The Labute approximate surface area is 198 Å². The first-order valence-corrected chi connectivity index (χ1v) is 12.3. The van der Waals surface area contributed by atoms with E-state index in [-0.39, 0.29) is 35.0 Å². The molecule has 0 spiro atoms. The van der Waals surface area contributed by atoms with E-state index in [1.165, 1.54) is 10.4 Å². The SMILES string of the molecule is Cc1ccc(C)c(S(=O)(=O)N2CCN(c3ccc(C(=O)c4ccccc4)cc3[N+](=O)[O-])CC2)c1. The van der Waals surface area contributed by atoms with Gasteiger partial charge in [-0.05, 0) is 43.2 Å². The van der Waals surface area contributed by atoms with Gasteiger partial charge in [0.05, 0.1) is 9.82 Å². The Morgan fingerprint density at radius 1 is 0.882 bits per heavy atom. The Bertz CT molecular complexity index is 1350. The Morgan fingerprint density at radius 2 is 1.56 bits per heavy atom. The van der Waals surface area contributed by atoms with Crippen LogP contribution in [-0.4, -0.2) is 49.6 Å². The highest BCUT2D eigenvalue weighted by atomic mass is 32.2. The average Bonchev–Trinajstić information content (AvgIpc) is 2.85. The average molecular weight is 480 g/mol. The fourth-order valence-corrected chi connectivity index (χ4v) is 5.86. The van der Waals surface area contributed by atoms with Gasteiger partial charge in [0.25, 0.3) is 5.69 Å². The minimum atomic E-state index is -3.67. The van der Waals surface area contributed by atoms with E-state index in [1.807, 2.05) is 13.0 Å². The molecule has 1 fully saturated rings. The molecular weight excluding hydrogens is 454 g/mol. The van der Waals surface area contributed by atoms with Crippen LogP contribution in [0.1, 0.15) is 27.0 Å². The largest absolute Gasteiger partial charge is 0.363 e. The van der Waals surface area contributed by atoms with Crippen molar-refractivity contribution in [2.24, 2.45) is 0 Å². The van der Waals surface area contributed by atoms with Crippen molar-refractivity contribution in [1.29, 1.82) is 0 Å². The van der Waals surface area contributed by atoms with Crippen molar-refractivity contribution in [3.63, 3.8) is 0 Å². The topological polar surface area (TPSA) is 101 Å². The fraction of sp³-hybridized carbons (Fsp3) is 0.240. The number of anilines is 1. The molecule has 1 heterocycles. The molecule has 0 atom stereocenters. The first-order chi connectivity index (χ1) is 16.2. The molecule has 0 saturated carbocycles. The van der Waals surface area contributed by atoms with E-state index in [4.69, 9.17) is 0 Å². The maximum Gasteiger partial charge on any atom is 0.293 e. The summed E-state index contributed by atoms with van der Waals surface area (Å²) in [6, 6.07) is 18.4. The first-order valence-electron chi connectivity index (χ1n) is 10.9. The summed E-state index contributed by atoms with van der Waals surface area (Å²) in [5.74, 6) is -0.292. The van der Waals surface area contributed by atoms with E-state index in [9.17, 15) is 23.3 Å². The van der Waals surface area contributed by atoms with Crippen molar-refractivity contribution in [3.05, 3.63) is 99.1 Å². The lowest BCUT2D eigenvalue weighted by molar-refractivity contribution is -0.384. The molecule has 0 radical (unpaired) electrons. The Balaban J connectivity index is 1.56. The lowest BCUT2D eigenvalue weighted by Crippen LogP contribution is -2.49. The normalized spacial score (nSPS) is 14.7. The molecule has 0 amide bonds. The van der Waals surface area contributed by atoms with Crippen LogP contribution in [0.3, 0.4) is 0 Å². The zero-order chi connectivity index (χ0) is 24.5. The zero-order valence-electron chi connectivity index (χ0n) is 19.0. The summed E-state index contributed by atoms with van der Waals surface area (Å²) in [6.45, 7) is 4.63. The molecule has 0 unspecified atom stereocenters. The second-order valence-electron chi connectivity index (χ2n) is 8.32. The van der Waals surface area contributed by atoms with Gasteiger partial charge in [-0.1, -0.05) is 42.5 Å². The van der Waals surface area contributed by atoms with Crippen LogP contribution < -0.4 is 4.90 Å². The Kier molecular flexibility index (Phi) is 6.49. The number of rotatable bonds is 6.